The van der Waals surface area contributed by atoms with Crippen molar-refractivity contribution in [1.29, 1.82) is 0 Å². The molecule has 2 heterocycles. The Morgan fingerprint density at radius 3 is 2.89 bits per heavy atom. The van der Waals surface area contributed by atoms with Crippen LogP contribution in [0.15, 0.2) is 12.4 Å². The molecule has 8 heteroatoms. The summed E-state index contributed by atoms with van der Waals surface area (Å²) in [5.41, 5.74) is 4.24. The molecular weight excluding hydrogens is 252 g/mol. The Kier molecular flexibility index (Phi) is 4.13. The summed E-state index contributed by atoms with van der Waals surface area (Å²) in [6.45, 7) is 2.02. The molecule has 7 nitrogen and oxygen atoms in total. The molecule has 96 valence electrons. The molecule has 18 heavy (non-hydrogen) atoms. The third-order valence-electron chi connectivity index (χ3n) is 2.51. The Bertz CT molecular complexity index is 517. The summed E-state index contributed by atoms with van der Waals surface area (Å²) in [5, 5.41) is 4.07. The quantitative estimate of drug-likeness (QED) is 0.599. The maximum absolute atomic E-state index is 5.62. The van der Waals surface area contributed by atoms with Crippen molar-refractivity contribution in [3.05, 3.63) is 28.7 Å². The molecule has 1 atom stereocenters. The van der Waals surface area contributed by atoms with Gasteiger partial charge < -0.3 is 4.74 Å². The van der Waals surface area contributed by atoms with E-state index in [0.717, 1.165) is 17.0 Å². The maximum atomic E-state index is 5.62. The molecule has 2 rings (SSSR count). The molecule has 0 aliphatic carbocycles. The Morgan fingerprint density at radius 2 is 2.22 bits per heavy atom. The van der Waals surface area contributed by atoms with Gasteiger partial charge in [0.15, 0.2) is 0 Å². The van der Waals surface area contributed by atoms with E-state index in [1.54, 1.807) is 19.5 Å². The van der Waals surface area contributed by atoms with Gasteiger partial charge in [-0.1, -0.05) is 11.4 Å². The van der Waals surface area contributed by atoms with Gasteiger partial charge in [0.05, 0.1) is 17.7 Å². The van der Waals surface area contributed by atoms with Crippen molar-refractivity contribution < 1.29 is 4.74 Å². The van der Waals surface area contributed by atoms with Crippen LogP contribution < -0.4 is 16.0 Å². The molecule has 0 aliphatic rings. The summed E-state index contributed by atoms with van der Waals surface area (Å²) in [4.78, 5) is 9.32. The normalized spacial score (nSPS) is 12.4. The third-order valence-corrected chi connectivity index (χ3v) is 3.34. The highest BCUT2D eigenvalue weighted by atomic mass is 32.1. The molecule has 1 unspecified atom stereocenters. The van der Waals surface area contributed by atoms with Gasteiger partial charge in [-0.15, -0.1) is 5.10 Å². The average Bonchev–Trinajstić information content (AvgIpc) is 2.88. The lowest BCUT2D eigenvalue weighted by Gasteiger charge is -2.15. The number of methoxy groups -OCH3 is 1. The fourth-order valence-electron chi connectivity index (χ4n) is 1.65. The number of hydrogen-bond acceptors (Lipinski definition) is 8. The Balaban J connectivity index is 2.45. The smallest absolute Gasteiger partial charge is 0.237 e. The van der Waals surface area contributed by atoms with E-state index in [9.17, 15) is 0 Å². The number of hydrazine groups is 1. The fourth-order valence-corrected chi connectivity index (χ4v) is 2.45. The summed E-state index contributed by atoms with van der Waals surface area (Å²) in [6.07, 6.45) is 3.95. The van der Waals surface area contributed by atoms with Crippen LogP contribution in [0, 0.1) is 0 Å². The molecule has 0 saturated carbocycles. The molecular formula is C10H14N6OS. The van der Waals surface area contributed by atoms with Gasteiger partial charge in [0.2, 0.25) is 5.88 Å². The number of aromatic nitrogens is 4. The molecule has 0 bridgehead atoms. The van der Waals surface area contributed by atoms with Crippen LogP contribution in [0.5, 0.6) is 5.88 Å². The van der Waals surface area contributed by atoms with E-state index in [1.807, 2.05) is 6.92 Å². The fraction of sp³-hybridized carbons (Fsp3) is 0.400. The van der Waals surface area contributed by atoms with Crippen molar-refractivity contribution in [2.45, 2.75) is 19.4 Å². The van der Waals surface area contributed by atoms with E-state index in [1.165, 1.54) is 11.5 Å². The highest BCUT2D eigenvalue weighted by Gasteiger charge is 2.24. The van der Waals surface area contributed by atoms with Crippen LogP contribution >= 0.6 is 11.5 Å². The molecule has 0 saturated heterocycles. The Morgan fingerprint density at radius 1 is 1.44 bits per heavy atom. The van der Waals surface area contributed by atoms with Crippen molar-refractivity contribution in [1.82, 2.24) is 25.0 Å². The summed E-state index contributed by atoms with van der Waals surface area (Å²) < 4.78 is 9.14. The van der Waals surface area contributed by atoms with Crippen LogP contribution in [-0.4, -0.2) is 26.7 Å². The number of aryl methyl sites for hydroxylation is 1. The molecule has 0 fully saturated rings. The molecule has 0 spiro atoms. The van der Waals surface area contributed by atoms with Gasteiger partial charge in [-0.2, -0.15) is 0 Å². The number of nitrogens with zero attached hydrogens (tertiary/aromatic N) is 4. The van der Waals surface area contributed by atoms with Crippen LogP contribution in [0.2, 0.25) is 0 Å². The molecule has 3 N–H and O–H groups in total. The first-order valence-corrected chi connectivity index (χ1v) is 6.21. The summed E-state index contributed by atoms with van der Waals surface area (Å²) >= 11 is 1.29. The summed E-state index contributed by atoms with van der Waals surface area (Å²) in [7, 11) is 1.55. The zero-order valence-electron chi connectivity index (χ0n) is 10.1. The predicted octanol–water partition coefficient (Wildman–Crippen LogP) is 0.452. The minimum absolute atomic E-state index is 0.316. The van der Waals surface area contributed by atoms with Gasteiger partial charge in [-0.3, -0.25) is 10.8 Å². The van der Waals surface area contributed by atoms with Gasteiger partial charge in [0.25, 0.3) is 0 Å². The number of nitrogens with one attached hydrogen (secondary N) is 1. The molecule has 0 aromatic carbocycles. The lowest BCUT2D eigenvalue weighted by molar-refractivity contribution is 0.383. The van der Waals surface area contributed by atoms with Crippen LogP contribution in [0.1, 0.15) is 29.2 Å². The first kappa shape index (κ1) is 12.8. The first-order valence-electron chi connectivity index (χ1n) is 5.43. The van der Waals surface area contributed by atoms with Crippen LogP contribution in [0.3, 0.4) is 0 Å². The molecule has 0 radical (unpaired) electrons. The number of ether oxygens (including phenoxy) is 1. The number of nitrogens with two attached hydrogens (primary N) is 1. The zero-order valence-corrected chi connectivity index (χ0v) is 10.9. The van der Waals surface area contributed by atoms with E-state index in [-0.39, 0.29) is 6.04 Å². The maximum Gasteiger partial charge on any atom is 0.237 e. The second kappa shape index (κ2) is 5.80. The summed E-state index contributed by atoms with van der Waals surface area (Å²) in [5.74, 6) is 6.06. The highest BCUT2D eigenvalue weighted by molar-refractivity contribution is 7.05. The van der Waals surface area contributed by atoms with E-state index >= 15 is 0 Å². The van der Waals surface area contributed by atoms with E-state index in [0.29, 0.717) is 11.6 Å². The second-order valence-corrected chi connectivity index (χ2v) is 4.27. The first-order chi connectivity index (χ1) is 8.81. The van der Waals surface area contributed by atoms with Gasteiger partial charge in [-0.25, -0.2) is 10.4 Å². The van der Waals surface area contributed by atoms with Gasteiger partial charge >= 0.3 is 0 Å². The minimum atomic E-state index is -0.316. The van der Waals surface area contributed by atoms with E-state index in [4.69, 9.17) is 10.6 Å². The lowest BCUT2D eigenvalue weighted by atomic mass is 10.1. The number of hydrogen-bond donors (Lipinski definition) is 2. The van der Waals surface area contributed by atoms with Gasteiger partial charge in [-0.05, 0) is 18.0 Å². The topological polar surface area (TPSA) is 98.8 Å². The molecule has 2 aromatic rings. The van der Waals surface area contributed by atoms with Crippen molar-refractivity contribution in [3.8, 4) is 5.88 Å². The third kappa shape index (κ3) is 2.30. The lowest BCUT2D eigenvalue weighted by Crippen LogP contribution is -2.30. The van der Waals surface area contributed by atoms with Crippen molar-refractivity contribution in [3.63, 3.8) is 0 Å². The molecule has 0 amide bonds. The summed E-state index contributed by atoms with van der Waals surface area (Å²) in [6, 6.07) is -0.316. The standard InChI is InChI=1S/C10H14N6OS/c1-3-6-9(18-16-15-6)7(14-11)8-10(17-2)13-5-4-12-8/h4-5,7,14H,3,11H2,1-2H3. The minimum Gasteiger partial charge on any atom is -0.480 e. The van der Waals surface area contributed by atoms with Crippen LogP contribution in [-0.2, 0) is 6.42 Å². The Hall–Kier alpha value is -1.64. The second-order valence-electron chi connectivity index (χ2n) is 3.49. The van der Waals surface area contributed by atoms with Crippen LogP contribution in [0.25, 0.3) is 0 Å². The van der Waals surface area contributed by atoms with Crippen molar-refractivity contribution >= 4 is 11.5 Å². The average molecular weight is 266 g/mol. The largest absolute Gasteiger partial charge is 0.480 e. The predicted molar refractivity (Wildman–Crippen MR) is 67.0 cm³/mol. The Labute approximate surface area is 109 Å². The SMILES string of the molecule is CCc1nnsc1C(NN)c1nccnc1OC. The monoisotopic (exact) mass is 266 g/mol. The highest BCUT2D eigenvalue weighted by Crippen LogP contribution is 2.29. The van der Waals surface area contributed by atoms with Crippen molar-refractivity contribution in [2.24, 2.45) is 5.84 Å². The van der Waals surface area contributed by atoms with Gasteiger partial charge in [0, 0.05) is 12.4 Å². The number of rotatable bonds is 5. The molecule has 2 aromatic heterocycles. The molecule has 0 aliphatic heterocycles. The zero-order chi connectivity index (χ0) is 13.0. The van der Waals surface area contributed by atoms with E-state index < -0.39 is 0 Å². The van der Waals surface area contributed by atoms with Gasteiger partial charge in [0.1, 0.15) is 11.7 Å². The van der Waals surface area contributed by atoms with Crippen LogP contribution in [0.4, 0.5) is 0 Å². The van der Waals surface area contributed by atoms with Crippen molar-refractivity contribution in [2.75, 3.05) is 7.11 Å². The van der Waals surface area contributed by atoms with E-state index in [2.05, 4.69) is 25.0 Å².